The van der Waals surface area contributed by atoms with E-state index in [0.717, 1.165) is 16.9 Å². The van der Waals surface area contributed by atoms with Crippen LogP contribution in [-0.4, -0.2) is 4.99 Å². The van der Waals surface area contributed by atoms with Crippen molar-refractivity contribution in [1.29, 1.82) is 0 Å². The minimum atomic E-state index is 0.321. The molecule has 0 heterocycles. The molecule has 0 atom stereocenters. The summed E-state index contributed by atoms with van der Waals surface area (Å²) in [7, 11) is 0. The maximum absolute atomic E-state index is 6.15. The lowest BCUT2D eigenvalue weighted by atomic mass is 10.2. The summed E-state index contributed by atoms with van der Waals surface area (Å²) in [6, 6.07) is 12.8. The number of rotatable bonds is 3. The molecule has 0 saturated heterocycles. The van der Waals surface area contributed by atoms with Crippen molar-refractivity contribution in [3.8, 4) is 0 Å². The molecule has 0 fully saturated rings. The molecule has 18 heavy (non-hydrogen) atoms. The van der Waals surface area contributed by atoms with Crippen molar-refractivity contribution in [2.45, 2.75) is 0 Å². The van der Waals surface area contributed by atoms with E-state index >= 15 is 0 Å². The van der Waals surface area contributed by atoms with Gasteiger partial charge in [0.05, 0.1) is 21.4 Å². The average molecular weight is 297 g/mol. The Balaban J connectivity index is 2.30. The molecule has 0 spiro atoms. The predicted molar refractivity (Wildman–Crippen MR) is 82.1 cm³/mol. The molecule has 0 aliphatic heterocycles. The number of thiocarbonyl (C=S) groups is 1. The lowest BCUT2D eigenvalue weighted by molar-refractivity contribution is 1.53. The highest BCUT2D eigenvalue weighted by Crippen LogP contribution is 2.29. The van der Waals surface area contributed by atoms with Gasteiger partial charge in [0.15, 0.2) is 0 Å². The normalized spacial score (nSPS) is 10.1. The highest BCUT2D eigenvalue weighted by atomic mass is 35.5. The molecule has 0 amide bonds. The summed E-state index contributed by atoms with van der Waals surface area (Å²) < 4.78 is 0. The highest BCUT2D eigenvalue weighted by molar-refractivity contribution is 7.80. The van der Waals surface area contributed by atoms with Crippen molar-refractivity contribution in [3.05, 3.63) is 58.1 Å². The van der Waals surface area contributed by atoms with Crippen molar-refractivity contribution in [2.24, 2.45) is 5.73 Å². The first-order valence-corrected chi connectivity index (χ1v) is 6.35. The summed E-state index contributed by atoms with van der Waals surface area (Å²) in [5.74, 6) is 0. The number of anilines is 2. The zero-order chi connectivity index (χ0) is 13.1. The first-order valence-electron chi connectivity index (χ1n) is 5.19. The van der Waals surface area contributed by atoms with Gasteiger partial charge in [0, 0.05) is 5.56 Å². The fourth-order valence-corrected chi connectivity index (χ4v) is 2.02. The Morgan fingerprint density at radius 1 is 1.00 bits per heavy atom. The van der Waals surface area contributed by atoms with Crippen molar-refractivity contribution in [3.63, 3.8) is 0 Å². The molecule has 0 aliphatic carbocycles. The van der Waals surface area contributed by atoms with Gasteiger partial charge in [0.2, 0.25) is 0 Å². The third-order valence-corrected chi connectivity index (χ3v) is 3.27. The molecule has 5 heteroatoms. The minimum Gasteiger partial charge on any atom is -0.389 e. The van der Waals surface area contributed by atoms with E-state index in [9.17, 15) is 0 Å². The summed E-state index contributed by atoms with van der Waals surface area (Å²) in [5.41, 5.74) is 7.83. The molecular formula is C13H10Cl2N2S. The van der Waals surface area contributed by atoms with Gasteiger partial charge in [-0.05, 0) is 30.3 Å². The number of para-hydroxylation sites is 1. The second kappa shape index (κ2) is 5.57. The van der Waals surface area contributed by atoms with Crippen LogP contribution in [0.4, 0.5) is 11.4 Å². The SMILES string of the molecule is NC(=S)c1ccc(Nc2ccccc2Cl)c(Cl)c1. The molecular weight excluding hydrogens is 287 g/mol. The van der Waals surface area contributed by atoms with Crippen LogP contribution < -0.4 is 11.1 Å². The lowest BCUT2D eigenvalue weighted by Crippen LogP contribution is -2.09. The molecule has 2 rings (SSSR count). The van der Waals surface area contributed by atoms with Gasteiger partial charge < -0.3 is 11.1 Å². The fraction of sp³-hybridized carbons (Fsp3) is 0. The standard InChI is InChI=1S/C13H10Cl2N2S/c14-9-3-1-2-4-11(9)17-12-6-5-8(13(16)18)7-10(12)15/h1-7,17H,(H2,16,18). The van der Waals surface area contributed by atoms with Crippen LogP contribution in [0.15, 0.2) is 42.5 Å². The molecule has 2 aromatic carbocycles. The van der Waals surface area contributed by atoms with Crippen LogP contribution in [-0.2, 0) is 0 Å². The Morgan fingerprint density at radius 2 is 1.67 bits per heavy atom. The average Bonchev–Trinajstić information content (AvgIpc) is 2.34. The second-order valence-corrected chi connectivity index (χ2v) is 4.92. The Morgan fingerprint density at radius 3 is 2.28 bits per heavy atom. The van der Waals surface area contributed by atoms with E-state index in [2.05, 4.69) is 5.32 Å². The van der Waals surface area contributed by atoms with Crippen molar-refractivity contribution >= 4 is 51.8 Å². The molecule has 3 N–H and O–H groups in total. The molecule has 92 valence electrons. The maximum atomic E-state index is 6.15. The fourth-order valence-electron chi connectivity index (χ4n) is 1.48. The molecule has 0 saturated carbocycles. The third-order valence-electron chi connectivity index (χ3n) is 2.40. The van der Waals surface area contributed by atoms with Gasteiger partial charge in [-0.25, -0.2) is 0 Å². The van der Waals surface area contributed by atoms with Gasteiger partial charge in [0.25, 0.3) is 0 Å². The topological polar surface area (TPSA) is 38.0 Å². The van der Waals surface area contributed by atoms with E-state index in [0.29, 0.717) is 15.0 Å². The summed E-state index contributed by atoms with van der Waals surface area (Å²) in [5, 5.41) is 4.33. The monoisotopic (exact) mass is 296 g/mol. The van der Waals surface area contributed by atoms with Gasteiger partial charge in [-0.2, -0.15) is 0 Å². The largest absolute Gasteiger partial charge is 0.389 e. The van der Waals surface area contributed by atoms with Gasteiger partial charge >= 0.3 is 0 Å². The quantitative estimate of drug-likeness (QED) is 0.826. The van der Waals surface area contributed by atoms with Crippen LogP contribution in [0.3, 0.4) is 0 Å². The summed E-state index contributed by atoms with van der Waals surface area (Å²) in [6.07, 6.45) is 0. The van der Waals surface area contributed by atoms with E-state index in [1.165, 1.54) is 0 Å². The Kier molecular flexibility index (Phi) is 4.07. The van der Waals surface area contributed by atoms with Gasteiger partial charge in [-0.3, -0.25) is 0 Å². The van der Waals surface area contributed by atoms with Crippen molar-refractivity contribution in [1.82, 2.24) is 0 Å². The molecule has 0 aliphatic rings. The zero-order valence-corrected chi connectivity index (χ0v) is 11.6. The van der Waals surface area contributed by atoms with Crippen molar-refractivity contribution < 1.29 is 0 Å². The van der Waals surface area contributed by atoms with Crippen LogP contribution in [0.2, 0.25) is 10.0 Å². The first-order chi connectivity index (χ1) is 8.58. The smallest absolute Gasteiger partial charge is 0.104 e. The predicted octanol–water partition coefficient (Wildman–Crippen LogP) is 4.37. The Labute approximate surface area is 121 Å². The molecule has 2 nitrogen and oxygen atoms in total. The minimum absolute atomic E-state index is 0.321. The number of hydrogen-bond donors (Lipinski definition) is 2. The summed E-state index contributed by atoms with van der Waals surface area (Å²) >= 11 is 17.1. The summed E-state index contributed by atoms with van der Waals surface area (Å²) in [6.45, 7) is 0. The van der Waals surface area contributed by atoms with E-state index in [4.69, 9.17) is 41.2 Å². The van der Waals surface area contributed by atoms with Gasteiger partial charge in [-0.15, -0.1) is 0 Å². The van der Waals surface area contributed by atoms with Crippen LogP contribution in [0.25, 0.3) is 0 Å². The van der Waals surface area contributed by atoms with E-state index in [-0.39, 0.29) is 0 Å². The maximum Gasteiger partial charge on any atom is 0.104 e. The molecule has 0 radical (unpaired) electrons. The molecule has 0 unspecified atom stereocenters. The number of nitrogens with one attached hydrogen (secondary N) is 1. The Bertz CT molecular complexity index is 599. The number of nitrogens with two attached hydrogens (primary N) is 1. The van der Waals surface area contributed by atoms with Gasteiger partial charge in [-0.1, -0.05) is 47.6 Å². The lowest BCUT2D eigenvalue weighted by Gasteiger charge is -2.10. The van der Waals surface area contributed by atoms with Crippen LogP contribution in [0.1, 0.15) is 5.56 Å². The van der Waals surface area contributed by atoms with E-state index < -0.39 is 0 Å². The van der Waals surface area contributed by atoms with Crippen LogP contribution in [0, 0.1) is 0 Å². The van der Waals surface area contributed by atoms with Gasteiger partial charge in [0.1, 0.15) is 4.99 Å². The molecule has 0 aromatic heterocycles. The number of benzene rings is 2. The number of hydrogen-bond acceptors (Lipinski definition) is 2. The third kappa shape index (κ3) is 2.93. The van der Waals surface area contributed by atoms with Crippen LogP contribution in [0.5, 0.6) is 0 Å². The van der Waals surface area contributed by atoms with E-state index in [1.54, 1.807) is 12.1 Å². The van der Waals surface area contributed by atoms with Crippen LogP contribution >= 0.6 is 35.4 Å². The Hall–Kier alpha value is -1.29. The summed E-state index contributed by atoms with van der Waals surface area (Å²) in [4.78, 5) is 0.321. The number of halogens is 2. The highest BCUT2D eigenvalue weighted by Gasteiger charge is 2.05. The first kappa shape index (κ1) is 13.1. The second-order valence-electron chi connectivity index (χ2n) is 3.66. The molecule has 2 aromatic rings. The molecule has 0 bridgehead atoms. The zero-order valence-electron chi connectivity index (χ0n) is 9.28. The van der Waals surface area contributed by atoms with Crippen molar-refractivity contribution in [2.75, 3.05) is 5.32 Å². The van der Waals surface area contributed by atoms with E-state index in [1.807, 2.05) is 30.3 Å².